The van der Waals surface area contributed by atoms with Crippen LogP contribution in [0.2, 0.25) is 0 Å². The molecule has 2 nitrogen and oxygen atoms in total. The molecule has 0 amide bonds. The zero-order valence-electron chi connectivity index (χ0n) is 25.4. The number of hydrogen-bond donors (Lipinski definition) is 2. The maximum Gasteiger partial charge on any atom is 0.0843 e. The summed E-state index contributed by atoms with van der Waals surface area (Å²) in [5.74, 6) is 5.02. The van der Waals surface area contributed by atoms with Crippen molar-refractivity contribution in [3.8, 4) is 0 Å². The van der Waals surface area contributed by atoms with Crippen LogP contribution in [0.4, 0.5) is 0 Å². The van der Waals surface area contributed by atoms with Gasteiger partial charge in [-0.05, 0) is 127 Å². The molecule has 9 atom stereocenters. The number of fused-ring (bicyclic) bond motifs is 7. The molecule has 9 unspecified atom stereocenters. The quantitative estimate of drug-likeness (QED) is 0.339. The van der Waals surface area contributed by atoms with Crippen molar-refractivity contribution in [1.82, 2.24) is 0 Å². The molecule has 6 rings (SSSR count). The number of thioether (sulfide) groups is 2. The highest BCUT2D eigenvalue weighted by molar-refractivity contribution is 8.17. The highest BCUT2D eigenvalue weighted by Gasteiger charge is 2.70. The summed E-state index contributed by atoms with van der Waals surface area (Å²) < 4.78 is 0.354. The average molecular weight is 561 g/mol. The second-order valence-corrected chi connectivity index (χ2v) is 18.9. The van der Waals surface area contributed by atoms with Crippen LogP contribution in [0.5, 0.6) is 0 Å². The van der Waals surface area contributed by atoms with Crippen LogP contribution < -0.4 is 0 Å². The third-order valence-corrected chi connectivity index (χ3v) is 17.4. The minimum atomic E-state index is -0.201. The average Bonchev–Trinajstić information content (AvgIpc) is 3.28. The molecule has 0 spiro atoms. The Balaban J connectivity index is 1.40. The van der Waals surface area contributed by atoms with Gasteiger partial charge in [0.15, 0.2) is 0 Å². The summed E-state index contributed by atoms with van der Waals surface area (Å²) >= 11 is 4.09. The first-order valence-electron chi connectivity index (χ1n) is 16.2. The van der Waals surface area contributed by atoms with Crippen LogP contribution in [0.1, 0.15) is 119 Å². The smallest absolute Gasteiger partial charge is 0.0843 e. The molecule has 38 heavy (non-hydrogen) atoms. The number of aliphatic hydroxyl groups excluding tert-OH is 2. The topological polar surface area (TPSA) is 40.5 Å². The fourth-order valence-corrected chi connectivity index (χ4v) is 15.2. The minimum absolute atomic E-state index is 0.0199. The van der Waals surface area contributed by atoms with Crippen molar-refractivity contribution in [1.29, 1.82) is 0 Å². The van der Waals surface area contributed by atoms with Crippen LogP contribution >= 0.6 is 23.5 Å². The van der Waals surface area contributed by atoms with Crippen molar-refractivity contribution in [2.75, 3.05) is 11.5 Å². The fourth-order valence-electron chi connectivity index (χ4n) is 12.1. The predicted molar refractivity (Wildman–Crippen MR) is 164 cm³/mol. The van der Waals surface area contributed by atoms with Crippen LogP contribution in [0.25, 0.3) is 0 Å². The Morgan fingerprint density at radius 1 is 0.789 bits per heavy atom. The molecule has 0 bridgehead atoms. The number of aliphatic hydroxyl groups is 2. The van der Waals surface area contributed by atoms with Gasteiger partial charge in [-0.2, -0.15) is 0 Å². The highest BCUT2D eigenvalue weighted by Crippen LogP contribution is 2.77. The lowest BCUT2D eigenvalue weighted by Crippen LogP contribution is -2.66. The minimum Gasteiger partial charge on any atom is -0.393 e. The van der Waals surface area contributed by atoms with Gasteiger partial charge in [0.25, 0.3) is 0 Å². The fraction of sp³-hybridized carbons (Fsp3) is 0.941. The third-order valence-electron chi connectivity index (χ3n) is 14.4. The van der Waals surface area contributed by atoms with Gasteiger partial charge in [0.05, 0.1) is 16.8 Å². The first-order valence-corrected chi connectivity index (χ1v) is 18.3. The van der Waals surface area contributed by atoms with E-state index in [-0.39, 0.29) is 23.0 Å². The molecule has 6 aliphatic rings. The lowest BCUT2D eigenvalue weighted by Gasteiger charge is -2.72. The van der Waals surface area contributed by atoms with Crippen LogP contribution in [-0.4, -0.2) is 38.5 Å². The first kappa shape index (κ1) is 28.5. The van der Waals surface area contributed by atoms with E-state index in [9.17, 15) is 10.2 Å². The van der Waals surface area contributed by atoms with E-state index in [2.05, 4.69) is 48.5 Å². The zero-order chi connectivity index (χ0) is 27.3. The van der Waals surface area contributed by atoms with Crippen molar-refractivity contribution in [2.45, 2.75) is 136 Å². The zero-order valence-corrected chi connectivity index (χ0v) is 27.1. The van der Waals surface area contributed by atoms with Crippen LogP contribution in [0.15, 0.2) is 11.1 Å². The van der Waals surface area contributed by atoms with Gasteiger partial charge < -0.3 is 10.2 Å². The predicted octanol–water partition coefficient (Wildman–Crippen LogP) is 8.71. The highest BCUT2D eigenvalue weighted by atomic mass is 32.2. The number of allylic oxidation sites excluding steroid dienone is 1. The molecule has 2 N–H and O–H groups in total. The van der Waals surface area contributed by atoms with Crippen molar-refractivity contribution in [3.63, 3.8) is 0 Å². The second-order valence-electron chi connectivity index (χ2n) is 16.1. The molecule has 0 radical (unpaired) electrons. The van der Waals surface area contributed by atoms with E-state index in [4.69, 9.17) is 0 Å². The Morgan fingerprint density at radius 2 is 1.50 bits per heavy atom. The molecule has 1 saturated heterocycles. The molecular formula is C34H56O2S2. The van der Waals surface area contributed by atoms with E-state index in [1.165, 1.54) is 75.7 Å². The molecule has 4 saturated carbocycles. The van der Waals surface area contributed by atoms with Gasteiger partial charge in [0.2, 0.25) is 0 Å². The summed E-state index contributed by atoms with van der Waals surface area (Å²) in [6.45, 7) is 17.6. The lowest BCUT2D eigenvalue weighted by atomic mass is 9.33. The van der Waals surface area contributed by atoms with Gasteiger partial charge in [-0.15, -0.1) is 23.5 Å². The summed E-state index contributed by atoms with van der Waals surface area (Å²) in [4.78, 5) is 0. The third kappa shape index (κ3) is 3.67. The maximum absolute atomic E-state index is 12.2. The molecule has 216 valence electrons. The largest absolute Gasteiger partial charge is 0.393 e. The van der Waals surface area contributed by atoms with E-state index in [0.717, 1.165) is 12.3 Å². The van der Waals surface area contributed by atoms with E-state index in [1.54, 1.807) is 11.1 Å². The Bertz CT molecular complexity index is 968. The summed E-state index contributed by atoms with van der Waals surface area (Å²) in [5.41, 5.74) is 4.52. The molecule has 4 heteroatoms. The van der Waals surface area contributed by atoms with Crippen LogP contribution in [0.3, 0.4) is 0 Å². The standard InChI is InChI=1S/C34H56O2S2/c1-21(2)22-11-16-34(28(36)29-37-19-8-20-38-29)18-17-32(6)23(27(22)34)9-10-25-31(5)14-13-26(35)30(3,4)24(31)12-15-33(25,32)7/h21,23-26,28-29,35-36H,8-20H2,1-7H3. The number of hydrogen-bond acceptors (Lipinski definition) is 4. The van der Waals surface area contributed by atoms with Gasteiger partial charge in [-0.1, -0.05) is 59.6 Å². The van der Waals surface area contributed by atoms with Gasteiger partial charge in [0, 0.05) is 5.41 Å². The molecule has 0 aromatic heterocycles. The Kier molecular flexibility index (Phi) is 7.07. The molecule has 5 aliphatic carbocycles. The maximum atomic E-state index is 12.2. The summed E-state index contributed by atoms with van der Waals surface area (Å²) in [7, 11) is 0. The first-order chi connectivity index (χ1) is 17.8. The molecular weight excluding hydrogens is 505 g/mol. The SMILES string of the molecule is CC(C)C1=C2C3CCC4C5(C)CCC(O)C(C)(C)C5CCC4(C)C3(C)CCC2(C(O)C2SCCCS2)CC1. The molecule has 0 aromatic rings. The summed E-state index contributed by atoms with van der Waals surface area (Å²) in [6, 6.07) is 0. The Morgan fingerprint density at radius 3 is 2.18 bits per heavy atom. The lowest BCUT2D eigenvalue weighted by molar-refractivity contribution is -0.230. The molecule has 0 aromatic carbocycles. The number of rotatable bonds is 3. The monoisotopic (exact) mass is 560 g/mol. The van der Waals surface area contributed by atoms with Crippen LogP contribution in [0, 0.1) is 50.7 Å². The second kappa shape index (κ2) is 9.43. The van der Waals surface area contributed by atoms with E-state index >= 15 is 0 Å². The summed E-state index contributed by atoms with van der Waals surface area (Å²) in [6.07, 6.45) is 13.2. The van der Waals surface area contributed by atoms with E-state index in [1.807, 2.05) is 23.5 Å². The van der Waals surface area contributed by atoms with Gasteiger partial charge in [0.1, 0.15) is 0 Å². The molecule has 1 heterocycles. The summed E-state index contributed by atoms with van der Waals surface area (Å²) in [5, 5.41) is 23.2. The Hall–Kier alpha value is 0.360. The molecule has 1 aliphatic heterocycles. The van der Waals surface area contributed by atoms with E-state index in [0.29, 0.717) is 38.6 Å². The van der Waals surface area contributed by atoms with Crippen LogP contribution in [-0.2, 0) is 0 Å². The molecule has 5 fully saturated rings. The Labute approximate surface area is 242 Å². The van der Waals surface area contributed by atoms with Gasteiger partial charge in [-0.25, -0.2) is 0 Å². The normalized spacial score (nSPS) is 49.7. The van der Waals surface area contributed by atoms with Gasteiger partial charge in [-0.3, -0.25) is 0 Å². The van der Waals surface area contributed by atoms with E-state index < -0.39 is 0 Å². The van der Waals surface area contributed by atoms with Gasteiger partial charge >= 0.3 is 0 Å². The van der Waals surface area contributed by atoms with Crippen molar-refractivity contribution < 1.29 is 10.2 Å². The van der Waals surface area contributed by atoms with Crippen molar-refractivity contribution in [3.05, 3.63) is 11.1 Å². The van der Waals surface area contributed by atoms with Crippen molar-refractivity contribution >= 4 is 23.5 Å². The van der Waals surface area contributed by atoms with Crippen molar-refractivity contribution in [2.24, 2.45) is 50.7 Å².